The molecular formula is C9H12ClNO. The summed E-state index contributed by atoms with van der Waals surface area (Å²) in [6, 6.07) is 5.95. The zero-order valence-electron chi connectivity index (χ0n) is 7.23. The van der Waals surface area contributed by atoms with E-state index in [2.05, 4.69) is 5.48 Å². The van der Waals surface area contributed by atoms with Crippen LogP contribution in [0.5, 0.6) is 0 Å². The van der Waals surface area contributed by atoms with Crippen molar-refractivity contribution >= 4 is 11.6 Å². The molecule has 0 amide bonds. The zero-order chi connectivity index (χ0) is 8.97. The molecule has 0 aliphatic rings. The fraction of sp³-hybridized carbons (Fsp3) is 0.333. The molecule has 0 fully saturated rings. The minimum absolute atomic E-state index is 0.635. The Kier molecular flexibility index (Phi) is 3.53. The average molecular weight is 186 g/mol. The third-order valence-electron chi connectivity index (χ3n) is 1.62. The van der Waals surface area contributed by atoms with Crippen LogP contribution in [-0.4, -0.2) is 7.11 Å². The Bertz CT molecular complexity index is 263. The van der Waals surface area contributed by atoms with Crippen LogP contribution in [0.2, 0.25) is 5.02 Å². The summed E-state index contributed by atoms with van der Waals surface area (Å²) in [5, 5.41) is 0.777. The van der Waals surface area contributed by atoms with Gasteiger partial charge in [0.15, 0.2) is 0 Å². The van der Waals surface area contributed by atoms with E-state index in [9.17, 15) is 0 Å². The monoisotopic (exact) mass is 185 g/mol. The molecule has 0 spiro atoms. The second-order valence-electron chi connectivity index (χ2n) is 2.62. The van der Waals surface area contributed by atoms with Gasteiger partial charge < -0.3 is 4.84 Å². The Morgan fingerprint density at radius 3 is 2.83 bits per heavy atom. The lowest BCUT2D eigenvalue weighted by Gasteiger charge is -2.04. The van der Waals surface area contributed by atoms with E-state index < -0.39 is 0 Å². The van der Waals surface area contributed by atoms with Gasteiger partial charge in [-0.2, -0.15) is 5.48 Å². The third-order valence-corrected chi connectivity index (χ3v) is 1.97. The number of halogens is 1. The molecule has 0 saturated heterocycles. The first kappa shape index (κ1) is 9.52. The number of hydroxylamine groups is 1. The van der Waals surface area contributed by atoms with Crippen LogP contribution < -0.4 is 5.48 Å². The molecule has 12 heavy (non-hydrogen) atoms. The Balaban J connectivity index is 2.72. The Morgan fingerprint density at radius 1 is 1.50 bits per heavy atom. The van der Waals surface area contributed by atoms with Gasteiger partial charge in [-0.1, -0.05) is 23.7 Å². The standard InChI is InChI=1S/C9H12ClNO/c1-7-3-4-8(6-11-12-2)9(10)5-7/h3-5,11H,6H2,1-2H3. The molecule has 1 aromatic rings. The predicted molar refractivity (Wildman–Crippen MR) is 50.0 cm³/mol. The van der Waals surface area contributed by atoms with E-state index >= 15 is 0 Å². The first-order valence-electron chi connectivity index (χ1n) is 3.75. The minimum Gasteiger partial charge on any atom is -0.305 e. The van der Waals surface area contributed by atoms with Crippen molar-refractivity contribution < 1.29 is 4.84 Å². The molecule has 2 nitrogen and oxygen atoms in total. The van der Waals surface area contributed by atoms with Crippen molar-refractivity contribution in [3.05, 3.63) is 34.3 Å². The number of hydrogen-bond acceptors (Lipinski definition) is 2. The number of benzene rings is 1. The van der Waals surface area contributed by atoms with Crippen LogP contribution in [-0.2, 0) is 11.4 Å². The van der Waals surface area contributed by atoms with Gasteiger partial charge in [-0.05, 0) is 24.1 Å². The van der Waals surface area contributed by atoms with Crippen molar-refractivity contribution in [3.63, 3.8) is 0 Å². The van der Waals surface area contributed by atoms with Gasteiger partial charge in [-0.3, -0.25) is 0 Å². The molecule has 0 saturated carbocycles. The Labute approximate surface area is 77.4 Å². The normalized spacial score (nSPS) is 10.2. The summed E-state index contributed by atoms with van der Waals surface area (Å²) in [5.41, 5.74) is 4.95. The van der Waals surface area contributed by atoms with Crippen molar-refractivity contribution in [2.24, 2.45) is 0 Å². The molecule has 0 aliphatic heterocycles. The maximum atomic E-state index is 5.97. The smallest absolute Gasteiger partial charge is 0.0572 e. The molecular weight excluding hydrogens is 174 g/mol. The summed E-state index contributed by atoms with van der Waals surface area (Å²) in [7, 11) is 1.59. The molecule has 66 valence electrons. The van der Waals surface area contributed by atoms with Crippen LogP contribution in [0.3, 0.4) is 0 Å². The van der Waals surface area contributed by atoms with Gasteiger partial charge in [0.2, 0.25) is 0 Å². The molecule has 0 aromatic heterocycles. The van der Waals surface area contributed by atoms with E-state index in [1.54, 1.807) is 7.11 Å². The highest BCUT2D eigenvalue weighted by Crippen LogP contribution is 2.16. The molecule has 0 atom stereocenters. The lowest BCUT2D eigenvalue weighted by molar-refractivity contribution is 0.0867. The van der Waals surface area contributed by atoms with Gasteiger partial charge in [0, 0.05) is 11.6 Å². The van der Waals surface area contributed by atoms with Gasteiger partial charge in [0.25, 0.3) is 0 Å². The van der Waals surface area contributed by atoms with Gasteiger partial charge in [0.05, 0.1) is 7.11 Å². The van der Waals surface area contributed by atoms with Crippen LogP contribution >= 0.6 is 11.6 Å². The van der Waals surface area contributed by atoms with Crippen molar-refractivity contribution in [1.29, 1.82) is 0 Å². The highest BCUT2D eigenvalue weighted by atomic mass is 35.5. The Morgan fingerprint density at radius 2 is 2.25 bits per heavy atom. The second-order valence-corrected chi connectivity index (χ2v) is 3.03. The Hall–Kier alpha value is -0.570. The summed E-state index contributed by atoms with van der Waals surface area (Å²) in [5.74, 6) is 0. The summed E-state index contributed by atoms with van der Waals surface area (Å²) in [6.45, 7) is 2.65. The minimum atomic E-state index is 0.635. The molecule has 3 heteroatoms. The maximum absolute atomic E-state index is 5.97. The highest BCUT2D eigenvalue weighted by molar-refractivity contribution is 6.31. The highest BCUT2D eigenvalue weighted by Gasteiger charge is 1.98. The first-order chi connectivity index (χ1) is 5.74. The van der Waals surface area contributed by atoms with Crippen molar-refractivity contribution in [1.82, 2.24) is 5.48 Å². The van der Waals surface area contributed by atoms with Crippen molar-refractivity contribution in [3.8, 4) is 0 Å². The van der Waals surface area contributed by atoms with Gasteiger partial charge in [-0.25, -0.2) is 0 Å². The third kappa shape index (κ3) is 2.48. The second kappa shape index (κ2) is 4.45. The van der Waals surface area contributed by atoms with Crippen LogP contribution in [0.1, 0.15) is 11.1 Å². The topological polar surface area (TPSA) is 21.3 Å². The van der Waals surface area contributed by atoms with E-state index in [-0.39, 0.29) is 0 Å². The van der Waals surface area contributed by atoms with Gasteiger partial charge in [0.1, 0.15) is 0 Å². The largest absolute Gasteiger partial charge is 0.305 e. The maximum Gasteiger partial charge on any atom is 0.0572 e. The van der Waals surface area contributed by atoms with Crippen LogP contribution in [0.4, 0.5) is 0 Å². The van der Waals surface area contributed by atoms with E-state index in [0.717, 1.165) is 10.6 Å². The average Bonchev–Trinajstić information content (AvgIpc) is 2.03. The van der Waals surface area contributed by atoms with E-state index in [1.807, 2.05) is 25.1 Å². The van der Waals surface area contributed by atoms with Crippen molar-refractivity contribution in [2.45, 2.75) is 13.5 Å². The summed E-state index contributed by atoms with van der Waals surface area (Å²) in [6.07, 6.45) is 0. The summed E-state index contributed by atoms with van der Waals surface area (Å²) < 4.78 is 0. The SMILES string of the molecule is CONCc1ccc(C)cc1Cl. The lowest BCUT2D eigenvalue weighted by atomic mass is 10.1. The molecule has 1 aromatic carbocycles. The molecule has 0 unspecified atom stereocenters. The number of aryl methyl sites for hydroxylation is 1. The molecule has 0 bridgehead atoms. The molecule has 0 radical (unpaired) electrons. The summed E-state index contributed by atoms with van der Waals surface area (Å²) >= 11 is 5.97. The summed E-state index contributed by atoms with van der Waals surface area (Å²) in [4.78, 5) is 4.72. The fourth-order valence-electron chi connectivity index (χ4n) is 0.946. The molecule has 1 rings (SSSR count). The van der Waals surface area contributed by atoms with Gasteiger partial charge in [-0.15, -0.1) is 0 Å². The lowest BCUT2D eigenvalue weighted by Crippen LogP contribution is -2.10. The zero-order valence-corrected chi connectivity index (χ0v) is 7.98. The van der Waals surface area contributed by atoms with E-state index in [4.69, 9.17) is 16.4 Å². The van der Waals surface area contributed by atoms with Gasteiger partial charge >= 0.3 is 0 Å². The fourth-order valence-corrected chi connectivity index (χ4v) is 1.25. The molecule has 0 aliphatic carbocycles. The number of hydrogen-bond donors (Lipinski definition) is 1. The van der Waals surface area contributed by atoms with Crippen molar-refractivity contribution in [2.75, 3.05) is 7.11 Å². The van der Waals surface area contributed by atoms with Crippen LogP contribution in [0, 0.1) is 6.92 Å². The first-order valence-corrected chi connectivity index (χ1v) is 4.12. The van der Waals surface area contributed by atoms with E-state index in [0.29, 0.717) is 6.54 Å². The predicted octanol–water partition coefficient (Wildman–Crippen LogP) is 2.30. The molecule has 1 N–H and O–H groups in total. The quantitative estimate of drug-likeness (QED) is 0.730. The molecule has 0 heterocycles. The number of rotatable bonds is 3. The van der Waals surface area contributed by atoms with Crippen LogP contribution in [0.25, 0.3) is 0 Å². The van der Waals surface area contributed by atoms with Crippen LogP contribution in [0.15, 0.2) is 18.2 Å². The number of nitrogens with one attached hydrogen (secondary N) is 1. The van der Waals surface area contributed by atoms with E-state index in [1.165, 1.54) is 5.56 Å².